The molecule has 2 amide bonds. The number of pyridine rings is 1. The molecule has 0 spiro atoms. The van der Waals surface area contributed by atoms with E-state index < -0.39 is 29.5 Å². The summed E-state index contributed by atoms with van der Waals surface area (Å²) in [5.41, 5.74) is -1.56. The highest BCUT2D eigenvalue weighted by atomic mass is 35.5. The van der Waals surface area contributed by atoms with Crippen LogP contribution < -0.4 is 10.2 Å². The number of hydrogen-bond donors (Lipinski definition) is 1. The first kappa shape index (κ1) is 23.0. The number of amides is 2. The van der Waals surface area contributed by atoms with Crippen molar-refractivity contribution in [2.45, 2.75) is 18.8 Å². The Bertz CT molecular complexity index is 932. The number of alkyl halides is 6. The third kappa shape index (κ3) is 5.72. The number of anilines is 2. The molecule has 0 saturated carbocycles. The SMILES string of the molecule is O=C(Nc1ccc(C(F)(F)F)cc1)N1CCCN(c2ncc(C(F)(F)F)cc2Cl)CC1. The lowest BCUT2D eigenvalue weighted by molar-refractivity contribution is -0.138. The molecular formula is C19H17ClF6N4O. The molecule has 1 N–H and O–H groups in total. The molecule has 31 heavy (non-hydrogen) atoms. The van der Waals surface area contributed by atoms with E-state index in [4.69, 9.17) is 11.6 Å². The van der Waals surface area contributed by atoms with E-state index >= 15 is 0 Å². The van der Waals surface area contributed by atoms with Gasteiger partial charge >= 0.3 is 18.4 Å². The first-order valence-electron chi connectivity index (χ1n) is 9.16. The van der Waals surface area contributed by atoms with Crippen LogP contribution in [0.1, 0.15) is 17.5 Å². The van der Waals surface area contributed by atoms with Gasteiger partial charge in [-0.05, 0) is 36.8 Å². The van der Waals surface area contributed by atoms with E-state index in [1.54, 1.807) is 4.90 Å². The van der Waals surface area contributed by atoms with Gasteiger partial charge in [-0.2, -0.15) is 26.3 Å². The van der Waals surface area contributed by atoms with E-state index in [2.05, 4.69) is 10.3 Å². The van der Waals surface area contributed by atoms with Gasteiger partial charge in [-0.3, -0.25) is 0 Å². The van der Waals surface area contributed by atoms with Gasteiger partial charge in [0.15, 0.2) is 0 Å². The summed E-state index contributed by atoms with van der Waals surface area (Å²) < 4.78 is 76.3. The van der Waals surface area contributed by atoms with Crippen LogP contribution in [-0.4, -0.2) is 42.1 Å². The number of nitrogens with zero attached hydrogens (tertiary/aromatic N) is 3. The molecule has 1 aliphatic rings. The Balaban J connectivity index is 1.62. The van der Waals surface area contributed by atoms with E-state index in [-0.39, 0.29) is 29.6 Å². The summed E-state index contributed by atoms with van der Waals surface area (Å²) >= 11 is 6.00. The average molecular weight is 467 g/mol. The number of nitrogens with one attached hydrogen (secondary N) is 1. The van der Waals surface area contributed by atoms with Gasteiger partial charge in [-0.1, -0.05) is 11.6 Å². The first-order valence-corrected chi connectivity index (χ1v) is 9.54. The number of aromatic nitrogens is 1. The Morgan fingerprint density at radius 2 is 1.58 bits per heavy atom. The number of rotatable bonds is 2. The highest BCUT2D eigenvalue weighted by Gasteiger charge is 2.32. The molecule has 0 unspecified atom stereocenters. The second-order valence-corrected chi connectivity index (χ2v) is 7.27. The van der Waals surface area contributed by atoms with Gasteiger partial charge in [-0.15, -0.1) is 0 Å². The number of benzene rings is 1. The molecule has 0 atom stereocenters. The number of halogens is 7. The van der Waals surface area contributed by atoms with E-state index in [0.717, 1.165) is 30.3 Å². The van der Waals surface area contributed by atoms with Gasteiger partial charge < -0.3 is 15.1 Å². The van der Waals surface area contributed by atoms with Crippen LogP contribution in [0.15, 0.2) is 36.5 Å². The Morgan fingerprint density at radius 1 is 0.935 bits per heavy atom. The molecule has 2 heterocycles. The predicted molar refractivity (Wildman–Crippen MR) is 103 cm³/mol. The number of urea groups is 1. The highest BCUT2D eigenvalue weighted by Crippen LogP contribution is 2.34. The quantitative estimate of drug-likeness (QED) is 0.593. The number of carbonyl (C=O) groups excluding carboxylic acids is 1. The maximum Gasteiger partial charge on any atom is 0.417 e. The maximum absolute atomic E-state index is 12.8. The van der Waals surface area contributed by atoms with Crippen LogP contribution in [0.25, 0.3) is 0 Å². The van der Waals surface area contributed by atoms with Gasteiger partial charge in [0.1, 0.15) is 5.82 Å². The van der Waals surface area contributed by atoms with Crippen LogP contribution in [0.5, 0.6) is 0 Å². The van der Waals surface area contributed by atoms with E-state index in [9.17, 15) is 31.1 Å². The highest BCUT2D eigenvalue weighted by molar-refractivity contribution is 6.33. The second-order valence-electron chi connectivity index (χ2n) is 6.86. The van der Waals surface area contributed by atoms with E-state index in [1.807, 2.05) is 0 Å². The van der Waals surface area contributed by atoms with Gasteiger partial charge in [-0.25, -0.2) is 9.78 Å². The minimum atomic E-state index is -4.55. The minimum absolute atomic E-state index is 0.141. The molecule has 12 heteroatoms. The Hall–Kier alpha value is -2.69. The van der Waals surface area contributed by atoms with Crippen LogP contribution in [0, 0.1) is 0 Å². The lowest BCUT2D eigenvalue weighted by Crippen LogP contribution is -2.38. The summed E-state index contributed by atoms with van der Waals surface area (Å²) in [5, 5.41) is 2.40. The van der Waals surface area contributed by atoms with Crippen LogP contribution >= 0.6 is 11.6 Å². The van der Waals surface area contributed by atoms with Crippen molar-refractivity contribution in [3.05, 3.63) is 52.7 Å². The molecule has 0 radical (unpaired) electrons. The van der Waals surface area contributed by atoms with Gasteiger partial charge in [0.2, 0.25) is 0 Å². The van der Waals surface area contributed by atoms with Gasteiger partial charge in [0.05, 0.1) is 16.1 Å². The van der Waals surface area contributed by atoms with Crippen molar-refractivity contribution >= 4 is 29.1 Å². The van der Waals surface area contributed by atoms with Crippen LogP contribution in [0.2, 0.25) is 5.02 Å². The molecule has 2 aromatic rings. The molecule has 3 rings (SSSR count). The zero-order chi connectivity index (χ0) is 22.8. The minimum Gasteiger partial charge on any atom is -0.354 e. The molecular weight excluding hydrogens is 450 g/mol. The maximum atomic E-state index is 12.8. The van der Waals surface area contributed by atoms with Crippen molar-refractivity contribution in [2.75, 3.05) is 36.4 Å². The fourth-order valence-corrected chi connectivity index (χ4v) is 3.38. The fraction of sp³-hybridized carbons (Fsp3) is 0.368. The van der Waals surface area contributed by atoms with Crippen LogP contribution in [-0.2, 0) is 12.4 Å². The third-order valence-corrected chi connectivity index (χ3v) is 4.97. The lowest BCUT2D eigenvalue weighted by Gasteiger charge is -2.24. The second kappa shape index (κ2) is 8.81. The van der Waals surface area contributed by atoms with Gasteiger partial charge in [0.25, 0.3) is 0 Å². The zero-order valence-electron chi connectivity index (χ0n) is 15.9. The van der Waals surface area contributed by atoms with Crippen molar-refractivity contribution in [1.82, 2.24) is 9.88 Å². The number of hydrogen-bond acceptors (Lipinski definition) is 3. The molecule has 1 aromatic carbocycles. The molecule has 1 fully saturated rings. The molecule has 5 nitrogen and oxygen atoms in total. The Kier molecular flexibility index (Phi) is 6.54. The molecule has 0 aliphatic carbocycles. The molecule has 168 valence electrons. The molecule has 1 aromatic heterocycles. The zero-order valence-corrected chi connectivity index (χ0v) is 16.7. The standard InChI is InChI=1S/C19H17ClF6N4O/c20-15-10-13(19(24,25)26)11-27-16(15)29-6-1-7-30(9-8-29)17(31)28-14-4-2-12(3-5-14)18(21,22)23/h2-5,10-11H,1,6-9H2,(H,28,31). The van der Waals surface area contributed by atoms with Crippen molar-refractivity contribution in [3.8, 4) is 0 Å². The summed E-state index contributed by atoms with van der Waals surface area (Å²) in [5.74, 6) is 0.194. The Morgan fingerprint density at radius 3 is 2.16 bits per heavy atom. The summed E-state index contributed by atoms with van der Waals surface area (Å²) in [6.07, 6.45) is -7.81. The van der Waals surface area contributed by atoms with E-state index in [0.29, 0.717) is 25.7 Å². The van der Waals surface area contributed by atoms with Crippen molar-refractivity contribution < 1.29 is 31.1 Å². The molecule has 1 saturated heterocycles. The van der Waals surface area contributed by atoms with Crippen LogP contribution in [0.4, 0.5) is 42.6 Å². The van der Waals surface area contributed by atoms with Crippen molar-refractivity contribution in [3.63, 3.8) is 0 Å². The average Bonchev–Trinajstić information content (AvgIpc) is 2.93. The summed E-state index contributed by atoms with van der Waals surface area (Å²) in [6.45, 7) is 1.27. The van der Waals surface area contributed by atoms with Gasteiger partial charge in [0, 0.05) is 38.1 Å². The topological polar surface area (TPSA) is 48.5 Å². The lowest BCUT2D eigenvalue weighted by atomic mass is 10.2. The summed E-state index contributed by atoms with van der Waals surface area (Å²) in [4.78, 5) is 19.5. The van der Waals surface area contributed by atoms with Crippen LogP contribution in [0.3, 0.4) is 0 Å². The van der Waals surface area contributed by atoms with Crippen molar-refractivity contribution in [1.29, 1.82) is 0 Å². The first-order chi connectivity index (χ1) is 14.4. The summed E-state index contributed by atoms with van der Waals surface area (Å²) in [6, 6.07) is 4.39. The summed E-state index contributed by atoms with van der Waals surface area (Å²) in [7, 11) is 0. The molecule has 1 aliphatic heterocycles. The van der Waals surface area contributed by atoms with E-state index in [1.165, 1.54) is 4.90 Å². The third-order valence-electron chi connectivity index (χ3n) is 4.70. The Labute approximate surface area is 178 Å². The number of carbonyl (C=O) groups is 1. The molecule has 0 bridgehead atoms. The normalized spacial score (nSPS) is 15.6. The smallest absolute Gasteiger partial charge is 0.354 e. The van der Waals surface area contributed by atoms with Crippen molar-refractivity contribution in [2.24, 2.45) is 0 Å². The fourth-order valence-electron chi connectivity index (χ4n) is 3.10. The predicted octanol–water partition coefficient (Wildman–Crippen LogP) is 5.52. The largest absolute Gasteiger partial charge is 0.417 e. The monoisotopic (exact) mass is 466 g/mol.